The summed E-state index contributed by atoms with van der Waals surface area (Å²) < 4.78 is 1.54. The van der Waals surface area contributed by atoms with Gasteiger partial charge in [0.2, 0.25) is 0 Å². The maximum atomic E-state index is 10.4. The van der Waals surface area contributed by atoms with Crippen LogP contribution in [-0.4, -0.2) is 32.3 Å². The molecule has 0 bridgehead atoms. The topological polar surface area (TPSA) is 80.0 Å². The van der Waals surface area contributed by atoms with E-state index >= 15 is 0 Å². The number of nitrogens with zero attached hydrogens (tertiary/aromatic N) is 3. The minimum absolute atomic E-state index is 0.170. The molecule has 0 fully saturated rings. The molecule has 2 heterocycles. The van der Waals surface area contributed by atoms with Gasteiger partial charge in [0, 0.05) is 6.20 Å². The minimum Gasteiger partial charge on any atom is -0.480 e. The molecule has 0 radical (unpaired) electrons. The van der Waals surface area contributed by atoms with Crippen LogP contribution in [0.3, 0.4) is 0 Å². The highest BCUT2D eigenvalue weighted by Gasteiger charge is 2.06. The van der Waals surface area contributed by atoms with E-state index in [1.54, 1.807) is 12.4 Å². The van der Waals surface area contributed by atoms with Gasteiger partial charge in [-0.3, -0.25) is 9.78 Å². The Kier molecular flexibility index (Phi) is 2.81. The lowest BCUT2D eigenvalue weighted by Crippen LogP contribution is -2.22. The number of carboxylic acids is 1. The van der Waals surface area contributed by atoms with Crippen LogP contribution in [0.15, 0.2) is 36.9 Å². The molecule has 2 N–H and O–H groups in total. The average molecular weight is 218 g/mol. The Hall–Kier alpha value is -2.37. The van der Waals surface area contributed by atoms with Gasteiger partial charge in [0.1, 0.15) is 18.6 Å². The van der Waals surface area contributed by atoms with Crippen molar-refractivity contribution in [2.24, 2.45) is 0 Å². The average Bonchev–Trinajstić information content (AvgIpc) is 2.75. The number of carboxylic acid groups (broad SMARTS) is 1. The molecule has 2 aromatic heterocycles. The summed E-state index contributed by atoms with van der Waals surface area (Å²) >= 11 is 0. The van der Waals surface area contributed by atoms with Gasteiger partial charge in [-0.05, 0) is 12.1 Å². The Bertz CT molecular complexity index is 481. The molecular weight excluding hydrogens is 208 g/mol. The summed E-state index contributed by atoms with van der Waals surface area (Å²) in [7, 11) is 0. The van der Waals surface area contributed by atoms with Crippen LogP contribution in [0.25, 0.3) is 11.4 Å². The molecule has 82 valence electrons. The quantitative estimate of drug-likeness (QED) is 0.784. The molecule has 0 saturated heterocycles. The third-order valence-electron chi connectivity index (χ3n) is 1.97. The molecule has 0 saturated carbocycles. The summed E-state index contributed by atoms with van der Waals surface area (Å²) in [6, 6.07) is 5.50. The zero-order valence-electron chi connectivity index (χ0n) is 8.37. The highest BCUT2D eigenvalue weighted by Crippen LogP contribution is 2.13. The summed E-state index contributed by atoms with van der Waals surface area (Å²) in [5.74, 6) is -0.930. The van der Waals surface area contributed by atoms with Crippen molar-refractivity contribution < 1.29 is 9.90 Å². The summed E-state index contributed by atoms with van der Waals surface area (Å²) in [5.41, 5.74) is 4.16. The van der Waals surface area contributed by atoms with Crippen LogP contribution in [0.1, 0.15) is 0 Å². The van der Waals surface area contributed by atoms with Gasteiger partial charge in [0.25, 0.3) is 0 Å². The molecule has 0 atom stereocenters. The first-order valence-electron chi connectivity index (χ1n) is 4.67. The molecular formula is C10H10N4O2. The summed E-state index contributed by atoms with van der Waals surface area (Å²) in [6.07, 6.45) is 4.80. The fourth-order valence-corrected chi connectivity index (χ4v) is 1.28. The Morgan fingerprint density at radius 2 is 2.38 bits per heavy atom. The van der Waals surface area contributed by atoms with Gasteiger partial charge in [0.05, 0.1) is 11.9 Å². The minimum atomic E-state index is -0.930. The predicted octanol–water partition coefficient (Wildman–Crippen LogP) is 0.573. The van der Waals surface area contributed by atoms with E-state index in [0.29, 0.717) is 0 Å². The highest BCUT2D eigenvalue weighted by atomic mass is 16.4. The van der Waals surface area contributed by atoms with Crippen molar-refractivity contribution in [3.63, 3.8) is 0 Å². The number of carbonyl (C=O) groups is 1. The molecule has 2 rings (SSSR count). The molecule has 2 aromatic rings. The molecule has 16 heavy (non-hydrogen) atoms. The van der Waals surface area contributed by atoms with E-state index in [2.05, 4.69) is 15.4 Å². The molecule has 0 amide bonds. The van der Waals surface area contributed by atoms with Crippen LogP contribution < -0.4 is 5.43 Å². The van der Waals surface area contributed by atoms with Crippen molar-refractivity contribution in [1.82, 2.24) is 14.6 Å². The Morgan fingerprint density at radius 3 is 3.06 bits per heavy atom. The van der Waals surface area contributed by atoms with Crippen molar-refractivity contribution >= 4 is 5.97 Å². The summed E-state index contributed by atoms with van der Waals surface area (Å²) in [5, 5.41) is 8.56. The number of hydrogen-bond acceptors (Lipinski definition) is 4. The van der Waals surface area contributed by atoms with E-state index in [0.717, 1.165) is 11.4 Å². The van der Waals surface area contributed by atoms with E-state index in [-0.39, 0.29) is 6.54 Å². The van der Waals surface area contributed by atoms with Crippen molar-refractivity contribution in [3.05, 3.63) is 36.9 Å². The Morgan fingerprint density at radius 1 is 1.50 bits per heavy atom. The van der Waals surface area contributed by atoms with Crippen LogP contribution >= 0.6 is 0 Å². The van der Waals surface area contributed by atoms with E-state index in [4.69, 9.17) is 5.11 Å². The Balaban J connectivity index is 2.23. The summed E-state index contributed by atoms with van der Waals surface area (Å²) in [6.45, 7) is -0.170. The van der Waals surface area contributed by atoms with E-state index in [9.17, 15) is 4.79 Å². The molecule has 6 heteroatoms. The van der Waals surface area contributed by atoms with E-state index in [1.807, 2.05) is 18.2 Å². The SMILES string of the molecule is O=C(O)CNn1cncc1-c1ccccn1. The molecule has 6 nitrogen and oxygen atoms in total. The van der Waals surface area contributed by atoms with Gasteiger partial charge in [-0.2, -0.15) is 0 Å². The van der Waals surface area contributed by atoms with E-state index in [1.165, 1.54) is 11.0 Å². The second-order valence-electron chi connectivity index (χ2n) is 3.09. The second kappa shape index (κ2) is 4.43. The number of aromatic nitrogens is 3. The van der Waals surface area contributed by atoms with Gasteiger partial charge in [-0.25, -0.2) is 9.66 Å². The Labute approximate surface area is 91.6 Å². The number of imidazole rings is 1. The zero-order chi connectivity index (χ0) is 11.4. The summed E-state index contributed by atoms with van der Waals surface area (Å²) in [4.78, 5) is 18.5. The smallest absolute Gasteiger partial charge is 0.324 e. The maximum absolute atomic E-state index is 10.4. The molecule has 0 unspecified atom stereocenters. The van der Waals surface area contributed by atoms with Gasteiger partial charge >= 0.3 is 5.97 Å². The largest absolute Gasteiger partial charge is 0.480 e. The number of rotatable bonds is 4. The van der Waals surface area contributed by atoms with Crippen LogP contribution in [0.4, 0.5) is 0 Å². The third kappa shape index (κ3) is 2.17. The van der Waals surface area contributed by atoms with Gasteiger partial charge in [-0.1, -0.05) is 6.07 Å². The first-order chi connectivity index (χ1) is 7.77. The first-order valence-corrected chi connectivity index (χ1v) is 4.67. The standard InChI is InChI=1S/C10H10N4O2/c15-10(16)6-13-14-7-11-5-9(14)8-3-1-2-4-12-8/h1-5,7,13H,6H2,(H,15,16). The number of aliphatic carboxylic acids is 1. The van der Waals surface area contributed by atoms with E-state index < -0.39 is 5.97 Å². The van der Waals surface area contributed by atoms with Crippen LogP contribution in [0.2, 0.25) is 0 Å². The monoisotopic (exact) mass is 218 g/mol. The van der Waals surface area contributed by atoms with Gasteiger partial charge in [0.15, 0.2) is 0 Å². The van der Waals surface area contributed by atoms with Crippen LogP contribution in [0, 0.1) is 0 Å². The van der Waals surface area contributed by atoms with Crippen molar-refractivity contribution in [2.45, 2.75) is 0 Å². The highest BCUT2D eigenvalue weighted by molar-refractivity contribution is 5.70. The van der Waals surface area contributed by atoms with Crippen LogP contribution in [-0.2, 0) is 4.79 Å². The second-order valence-corrected chi connectivity index (χ2v) is 3.09. The number of pyridine rings is 1. The lowest BCUT2D eigenvalue weighted by Gasteiger charge is -2.07. The number of nitrogens with one attached hydrogen (secondary N) is 1. The van der Waals surface area contributed by atoms with Gasteiger partial charge in [-0.15, -0.1) is 0 Å². The van der Waals surface area contributed by atoms with Crippen molar-refractivity contribution in [2.75, 3.05) is 12.0 Å². The predicted molar refractivity (Wildman–Crippen MR) is 57.3 cm³/mol. The molecule has 0 aliphatic carbocycles. The van der Waals surface area contributed by atoms with Crippen LogP contribution in [0.5, 0.6) is 0 Å². The molecule has 0 spiro atoms. The lowest BCUT2D eigenvalue weighted by atomic mass is 10.3. The normalized spacial score (nSPS) is 10.0. The molecule has 0 aliphatic rings. The van der Waals surface area contributed by atoms with Crippen molar-refractivity contribution in [1.29, 1.82) is 0 Å². The van der Waals surface area contributed by atoms with Crippen molar-refractivity contribution in [3.8, 4) is 11.4 Å². The zero-order valence-corrected chi connectivity index (χ0v) is 8.37. The fraction of sp³-hybridized carbons (Fsp3) is 0.100. The maximum Gasteiger partial charge on any atom is 0.324 e. The lowest BCUT2D eigenvalue weighted by molar-refractivity contribution is -0.135. The third-order valence-corrected chi connectivity index (χ3v) is 1.97. The van der Waals surface area contributed by atoms with Gasteiger partial charge < -0.3 is 10.5 Å². The molecule has 0 aromatic carbocycles. The number of hydrogen-bond donors (Lipinski definition) is 2. The first kappa shape index (κ1) is 10.2. The molecule has 0 aliphatic heterocycles. The fourth-order valence-electron chi connectivity index (χ4n) is 1.28.